The second-order valence-electron chi connectivity index (χ2n) is 4.12. The molecule has 0 radical (unpaired) electrons. The number of aliphatic hydroxyl groups excluding tert-OH is 1. The molecule has 1 fully saturated rings. The summed E-state index contributed by atoms with van der Waals surface area (Å²) >= 11 is 0. The van der Waals surface area contributed by atoms with Crippen molar-refractivity contribution >= 4 is 15.8 Å². The molecule has 0 aliphatic heterocycles. The Balaban J connectivity index is 2.40. The number of nitrogen functional groups attached to an aromatic ring is 1. The number of aliphatic hydroxyl groups is 1. The van der Waals surface area contributed by atoms with Gasteiger partial charge in [-0.15, -0.1) is 0 Å². The smallest absolute Gasteiger partial charge is 0.262 e. The average Bonchev–Trinajstić information content (AvgIpc) is 3.01. The summed E-state index contributed by atoms with van der Waals surface area (Å²) in [5.74, 6) is -0.00362. The van der Waals surface area contributed by atoms with Gasteiger partial charge in [0.15, 0.2) is 10.8 Å². The number of sulfonamides is 1. The minimum atomic E-state index is -3.67. The van der Waals surface area contributed by atoms with E-state index in [1.165, 1.54) is 15.2 Å². The van der Waals surface area contributed by atoms with Crippen LogP contribution in [0.15, 0.2) is 11.4 Å². The Morgan fingerprint density at radius 2 is 2.29 bits per heavy atom. The molecule has 2 rings (SSSR count). The van der Waals surface area contributed by atoms with Gasteiger partial charge in [-0.3, -0.25) is 0 Å². The normalized spacial score (nSPS) is 16.6. The highest BCUT2D eigenvalue weighted by Crippen LogP contribution is 2.32. The van der Waals surface area contributed by atoms with Crippen LogP contribution in [0.4, 0.5) is 5.82 Å². The molecule has 0 unspecified atom stereocenters. The van der Waals surface area contributed by atoms with Gasteiger partial charge in [0.05, 0.1) is 12.9 Å². The van der Waals surface area contributed by atoms with Gasteiger partial charge in [-0.05, 0) is 12.8 Å². The molecule has 8 heteroatoms. The zero-order valence-electron chi connectivity index (χ0n) is 9.57. The number of imidazole rings is 1. The van der Waals surface area contributed by atoms with E-state index in [0.29, 0.717) is 0 Å². The zero-order chi connectivity index (χ0) is 12.6. The van der Waals surface area contributed by atoms with Crippen LogP contribution in [-0.2, 0) is 17.1 Å². The van der Waals surface area contributed by atoms with Crippen LogP contribution in [0.5, 0.6) is 0 Å². The molecule has 7 nitrogen and oxygen atoms in total. The molecule has 0 atom stereocenters. The van der Waals surface area contributed by atoms with Gasteiger partial charge in [0.25, 0.3) is 10.0 Å². The maximum atomic E-state index is 12.4. The summed E-state index contributed by atoms with van der Waals surface area (Å²) in [7, 11) is -2.09. The maximum Gasteiger partial charge on any atom is 0.262 e. The summed E-state index contributed by atoms with van der Waals surface area (Å²) < 4.78 is 27.5. The molecule has 0 saturated heterocycles. The summed E-state index contributed by atoms with van der Waals surface area (Å²) in [4.78, 5) is 3.78. The Bertz CT molecular complexity index is 487. The Kier molecular flexibility index (Phi) is 3.11. The zero-order valence-corrected chi connectivity index (χ0v) is 10.4. The van der Waals surface area contributed by atoms with Gasteiger partial charge < -0.3 is 15.4 Å². The van der Waals surface area contributed by atoms with Crippen molar-refractivity contribution in [2.75, 3.05) is 18.9 Å². The van der Waals surface area contributed by atoms with E-state index in [1.54, 1.807) is 7.05 Å². The molecule has 1 aromatic heterocycles. The first-order valence-electron chi connectivity index (χ1n) is 5.38. The molecule has 0 bridgehead atoms. The van der Waals surface area contributed by atoms with E-state index in [4.69, 9.17) is 10.8 Å². The van der Waals surface area contributed by atoms with Crippen molar-refractivity contribution in [1.29, 1.82) is 0 Å². The third-order valence-corrected chi connectivity index (χ3v) is 4.82. The minimum absolute atomic E-state index is 0.00199. The summed E-state index contributed by atoms with van der Waals surface area (Å²) in [6.45, 7) is -0.106. The predicted octanol–water partition coefficient (Wildman–Crippen LogP) is -0.852. The van der Waals surface area contributed by atoms with E-state index in [-0.39, 0.29) is 30.0 Å². The summed E-state index contributed by atoms with van der Waals surface area (Å²) in [6.07, 6.45) is 3.03. The molecule has 17 heavy (non-hydrogen) atoms. The lowest BCUT2D eigenvalue weighted by Gasteiger charge is -2.20. The number of rotatable bonds is 5. The van der Waals surface area contributed by atoms with E-state index < -0.39 is 10.0 Å². The third kappa shape index (κ3) is 2.15. The Morgan fingerprint density at radius 3 is 2.71 bits per heavy atom. The first-order valence-corrected chi connectivity index (χ1v) is 6.82. The molecule has 1 aliphatic carbocycles. The van der Waals surface area contributed by atoms with Gasteiger partial charge in [-0.25, -0.2) is 13.4 Å². The number of hydrogen-bond acceptors (Lipinski definition) is 5. The van der Waals surface area contributed by atoms with Crippen LogP contribution < -0.4 is 5.73 Å². The largest absolute Gasteiger partial charge is 0.395 e. The highest BCUT2D eigenvalue weighted by Gasteiger charge is 2.39. The van der Waals surface area contributed by atoms with Crippen LogP contribution in [0.3, 0.4) is 0 Å². The lowest BCUT2D eigenvalue weighted by Crippen LogP contribution is -2.36. The van der Waals surface area contributed by atoms with Crippen molar-refractivity contribution in [3.05, 3.63) is 6.33 Å². The van der Waals surface area contributed by atoms with Crippen molar-refractivity contribution in [3.8, 4) is 0 Å². The number of nitrogens with two attached hydrogens (primary N) is 1. The standard InChI is InChI=1S/C9H16N4O3S/c1-12-6-11-8(10)9(12)17(15,16)13(4-5-14)7-2-3-7/h6-7,14H,2-5,10H2,1H3. The molecular weight excluding hydrogens is 244 g/mol. The molecule has 0 amide bonds. The SMILES string of the molecule is Cn1cnc(N)c1S(=O)(=O)N(CCO)C1CC1. The number of aryl methyl sites for hydroxylation is 1. The highest BCUT2D eigenvalue weighted by atomic mass is 32.2. The summed E-state index contributed by atoms with van der Waals surface area (Å²) in [5.41, 5.74) is 5.58. The van der Waals surface area contributed by atoms with Gasteiger partial charge in [0.1, 0.15) is 0 Å². The molecule has 1 saturated carbocycles. The fourth-order valence-corrected chi connectivity index (χ4v) is 3.70. The monoisotopic (exact) mass is 260 g/mol. The lowest BCUT2D eigenvalue weighted by atomic mass is 10.6. The Hall–Kier alpha value is -1.12. The molecule has 1 heterocycles. The molecule has 0 spiro atoms. The summed E-state index contributed by atoms with van der Waals surface area (Å²) in [5, 5.41) is 8.95. The first kappa shape index (κ1) is 12.3. The number of hydrogen-bond donors (Lipinski definition) is 2. The van der Waals surface area contributed by atoms with E-state index >= 15 is 0 Å². The number of anilines is 1. The quantitative estimate of drug-likeness (QED) is 0.718. The molecular formula is C9H16N4O3S. The van der Waals surface area contributed by atoms with Gasteiger partial charge in [-0.2, -0.15) is 4.31 Å². The van der Waals surface area contributed by atoms with Gasteiger partial charge in [0.2, 0.25) is 0 Å². The summed E-state index contributed by atoms with van der Waals surface area (Å²) in [6, 6.07) is -0.0125. The van der Waals surface area contributed by atoms with Crippen LogP contribution in [0.2, 0.25) is 0 Å². The molecule has 96 valence electrons. The van der Waals surface area contributed by atoms with Crippen molar-refractivity contribution in [1.82, 2.24) is 13.9 Å². The Labute approximate surface area is 99.9 Å². The van der Waals surface area contributed by atoms with Crippen molar-refractivity contribution in [2.45, 2.75) is 23.9 Å². The van der Waals surface area contributed by atoms with Crippen LogP contribution in [-0.4, -0.2) is 46.6 Å². The van der Waals surface area contributed by atoms with Crippen molar-refractivity contribution in [2.24, 2.45) is 7.05 Å². The fraction of sp³-hybridized carbons (Fsp3) is 0.667. The van der Waals surface area contributed by atoms with Crippen molar-refractivity contribution in [3.63, 3.8) is 0 Å². The van der Waals surface area contributed by atoms with E-state index in [1.807, 2.05) is 0 Å². The van der Waals surface area contributed by atoms with E-state index in [0.717, 1.165) is 12.8 Å². The fourth-order valence-electron chi connectivity index (χ4n) is 1.82. The van der Waals surface area contributed by atoms with Crippen LogP contribution >= 0.6 is 0 Å². The van der Waals surface area contributed by atoms with Crippen LogP contribution in [0.25, 0.3) is 0 Å². The van der Waals surface area contributed by atoms with Crippen LogP contribution in [0.1, 0.15) is 12.8 Å². The maximum absolute atomic E-state index is 12.4. The second-order valence-corrected chi connectivity index (χ2v) is 5.92. The van der Waals surface area contributed by atoms with Crippen molar-refractivity contribution < 1.29 is 13.5 Å². The third-order valence-electron chi connectivity index (χ3n) is 2.74. The first-order chi connectivity index (χ1) is 7.98. The number of nitrogens with zero attached hydrogens (tertiary/aromatic N) is 3. The minimum Gasteiger partial charge on any atom is -0.395 e. The Morgan fingerprint density at radius 1 is 1.65 bits per heavy atom. The van der Waals surface area contributed by atoms with Gasteiger partial charge in [0, 0.05) is 19.6 Å². The molecule has 1 aliphatic rings. The van der Waals surface area contributed by atoms with E-state index in [2.05, 4.69) is 4.98 Å². The molecule has 3 N–H and O–H groups in total. The highest BCUT2D eigenvalue weighted by molar-refractivity contribution is 7.89. The second kappa shape index (κ2) is 4.28. The topological polar surface area (TPSA) is 101 Å². The molecule has 1 aromatic rings. The predicted molar refractivity (Wildman–Crippen MR) is 61.6 cm³/mol. The van der Waals surface area contributed by atoms with Crippen LogP contribution in [0, 0.1) is 0 Å². The molecule has 0 aromatic carbocycles. The average molecular weight is 260 g/mol. The lowest BCUT2D eigenvalue weighted by molar-refractivity contribution is 0.250. The van der Waals surface area contributed by atoms with Gasteiger partial charge in [-0.1, -0.05) is 0 Å². The van der Waals surface area contributed by atoms with E-state index in [9.17, 15) is 8.42 Å². The number of aromatic nitrogens is 2. The van der Waals surface area contributed by atoms with Gasteiger partial charge >= 0.3 is 0 Å².